The Hall–Kier alpha value is -3.28. The number of carboxylic acid groups (broad SMARTS) is 1. The number of carbonyl (C=O) groups excluding carboxylic acids is 2. The first-order chi connectivity index (χ1) is 20.6. The van der Waals surface area contributed by atoms with Crippen LogP contribution in [0.1, 0.15) is 56.6 Å². The number of carbonyl (C=O) groups is 3. The molecule has 43 heavy (non-hydrogen) atoms. The maximum atomic E-state index is 14.1. The van der Waals surface area contributed by atoms with E-state index < -0.39 is 29.6 Å². The molecule has 1 heterocycles. The van der Waals surface area contributed by atoms with E-state index in [0.717, 1.165) is 63.1 Å². The topological polar surface area (TPSA) is 147 Å². The number of benzene rings is 2. The van der Waals surface area contributed by atoms with Crippen LogP contribution in [0.5, 0.6) is 0 Å². The largest absolute Gasteiger partial charge is 0.481 e. The molecule has 0 saturated heterocycles. The van der Waals surface area contributed by atoms with Gasteiger partial charge in [-0.05, 0) is 121 Å². The van der Waals surface area contributed by atoms with Crippen molar-refractivity contribution in [3.05, 3.63) is 63.4 Å². The molecule has 0 radical (unpaired) electrons. The third-order valence-electron chi connectivity index (χ3n) is 9.78. The minimum Gasteiger partial charge on any atom is -0.481 e. The van der Waals surface area contributed by atoms with Gasteiger partial charge in [0, 0.05) is 38.8 Å². The average Bonchev–Trinajstić information content (AvgIpc) is 3.34. The highest BCUT2D eigenvalue weighted by Crippen LogP contribution is 2.54. The number of aromatic nitrogens is 1. The van der Waals surface area contributed by atoms with E-state index in [2.05, 4.69) is 38.2 Å². The zero-order valence-corrected chi connectivity index (χ0v) is 26.4. The second-order valence-corrected chi connectivity index (χ2v) is 14.3. The molecule has 1 aromatic heterocycles. The third-order valence-corrected chi connectivity index (χ3v) is 10.7. The van der Waals surface area contributed by atoms with Crippen LogP contribution >= 0.6 is 22.6 Å². The molecular formula is C33H39IN4O5. The van der Waals surface area contributed by atoms with Gasteiger partial charge in [0.05, 0.1) is 6.42 Å². The Balaban J connectivity index is 1.23. The number of carboxylic acids is 1. The number of nitrogens with two attached hydrogens (primary N) is 1. The monoisotopic (exact) mass is 696 g/mol. The lowest BCUT2D eigenvalue weighted by atomic mass is 9.55. The Morgan fingerprint density at radius 3 is 2.47 bits per heavy atom. The number of nitrogens with one attached hydrogen (secondary N) is 3. The number of hydrogen-bond donors (Lipinski definition) is 5. The molecule has 0 aliphatic heterocycles. The van der Waals surface area contributed by atoms with E-state index in [1.807, 2.05) is 42.6 Å². The minimum atomic E-state index is -1.40. The van der Waals surface area contributed by atoms with E-state index in [0.29, 0.717) is 23.9 Å². The van der Waals surface area contributed by atoms with Crippen molar-refractivity contribution in [1.29, 1.82) is 0 Å². The van der Waals surface area contributed by atoms with Crippen molar-refractivity contribution < 1.29 is 24.2 Å². The maximum Gasteiger partial charge on any atom is 0.408 e. The highest BCUT2D eigenvalue weighted by Gasteiger charge is 2.50. The molecule has 4 bridgehead atoms. The van der Waals surface area contributed by atoms with Crippen LogP contribution in [0, 0.1) is 27.2 Å². The quantitative estimate of drug-likeness (QED) is 0.142. The van der Waals surface area contributed by atoms with Crippen molar-refractivity contribution in [2.75, 3.05) is 5.73 Å². The number of aliphatic carboxylic acids is 1. The van der Waals surface area contributed by atoms with Gasteiger partial charge in [-0.25, -0.2) is 4.79 Å². The molecule has 3 aromatic rings. The fraction of sp³-hybridized carbons (Fsp3) is 0.485. The Kier molecular flexibility index (Phi) is 8.32. The number of para-hydroxylation sites is 1. The number of anilines is 1. The molecule has 2 aromatic carbocycles. The summed E-state index contributed by atoms with van der Waals surface area (Å²) in [6.07, 6.45) is 7.10. The standard InChI is InChI=1S/C33H39IN4O5/c1-33(16-23-17-36-28-5-3-2-4-25(23)28,38-32(42)43-30-21-9-19-8-20(11-21)12-22(30)10-19)31(41)37-24(15-29(39)40)13-18-6-7-27(35)26(34)14-18/h2-7,14,17,19-22,24,30,36H,8-13,15-16,35H2,1H3,(H,37,41)(H,38,42)(H,39,40)/t19?,20?,21?,22?,24-,30?,33-/m1/s1/i34-2. The Morgan fingerprint density at radius 1 is 1.09 bits per heavy atom. The summed E-state index contributed by atoms with van der Waals surface area (Å²) in [6, 6.07) is 12.6. The lowest BCUT2D eigenvalue weighted by Crippen LogP contribution is -2.61. The Morgan fingerprint density at radius 2 is 1.79 bits per heavy atom. The van der Waals surface area contributed by atoms with Gasteiger partial charge in [0.15, 0.2) is 0 Å². The predicted octanol–water partition coefficient (Wildman–Crippen LogP) is 5.41. The zero-order valence-electron chi connectivity index (χ0n) is 24.3. The van der Waals surface area contributed by atoms with E-state index in [9.17, 15) is 19.5 Å². The van der Waals surface area contributed by atoms with Crippen LogP contribution in [-0.4, -0.2) is 45.7 Å². The molecule has 4 aliphatic rings. The number of rotatable bonds is 10. The molecular weight excluding hydrogens is 657 g/mol. The van der Waals surface area contributed by atoms with Gasteiger partial charge in [0.2, 0.25) is 5.91 Å². The van der Waals surface area contributed by atoms with Gasteiger partial charge in [-0.1, -0.05) is 24.3 Å². The predicted molar refractivity (Wildman–Crippen MR) is 172 cm³/mol. The fourth-order valence-electron chi connectivity index (χ4n) is 8.00. The summed E-state index contributed by atoms with van der Waals surface area (Å²) in [5.74, 6) is 0.786. The molecule has 10 heteroatoms. The third kappa shape index (κ3) is 6.49. The van der Waals surface area contributed by atoms with Crippen molar-refractivity contribution in [1.82, 2.24) is 15.6 Å². The van der Waals surface area contributed by atoms with Crippen molar-refractivity contribution in [2.45, 2.75) is 76.0 Å². The van der Waals surface area contributed by atoms with E-state index in [-0.39, 0.29) is 18.9 Å². The number of alkyl carbamates (subject to hydrolysis) is 1. The number of amides is 2. The molecule has 4 fully saturated rings. The first kappa shape index (κ1) is 29.8. The first-order valence-corrected chi connectivity index (χ1v) is 16.2. The van der Waals surface area contributed by atoms with Crippen molar-refractivity contribution in [2.24, 2.45) is 23.7 Å². The lowest BCUT2D eigenvalue weighted by Gasteiger charge is -2.53. The van der Waals surface area contributed by atoms with Gasteiger partial charge in [-0.2, -0.15) is 0 Å². The Bertz CT molecular complexity index is 1510. The molecule has 0 unspecified atom stereocenters. The van der Waals surface area contributed by atoms with Crippen LogP contribution < -0.4 is 16.4 Å². The maximum absolute atomic E-state index is 14.1. The number of hydrogen-bond acceptors (Lipinski definition) is 5. The van der Waals surface area contributed by atoms with Gasteiger partial charge in [-0.3, -0.25) is 9.59 Å². The number of fused-ring (bicyclic) bond motifs is 1. The number of halogens is 1. The van der Waals surface area contributed by atoms with Crippen LogP contribution in [-0.2, 0) is 27.2 Å². The highest BCUT2D eigenvalue weighted by molar-refractivity contribution is 14.1. The summed E-state index contributed by atoms with van der Waals surface area (Å²) < 4.78 is 6.98. The fourth-order valence-corrected chi connectivity index (χ4v) is 8.58. The number of nitrogen functional groups attached to an aromatic ring is 1. The molecule has 0 spiro atoms. The van der Waals surface area contributed by atoms with Gasteiger partial charge >= 0.3 is 12.1 Å². The lowest BCUT2D eigenvalue weighted by molar-refractivity contribution is -0.138. The molecule has 2 atom stereocenters. The second kappa shape index (κ2) is 12.0. The average molecular weight is 697 g/mol. The second-order valence-electron chi connectivity index (χ2n) is 13.1. The smallest absolute Gasteiger partial charge is 0.408 e. The summed E-state index contributed by atoms with van der Waals surface area (Å²) in [6.45, 7) is 1.69. The minimum absolute atomic E-state index is 0.124. The summed E-state index contributed by atoms with van der Waals surface area (Å²) >= 11 is 2.13. The van der Waals surface area contributed by atoms with Crippen LogP contribution in [0.25, 0.3) is 10.9 Å². The number of aromatic amines is 1. The molecule has 4 saturated carbocycles. The van der Waals surface area contributed by atoms with Crippen molar-refractivity contribution in [3.63, 3.8) is 0 Å². The summed E-state index contributed by atoms with van der Waals surface area (Å²) in [5.41, 5.74) is 7.86. The van der Waals surface area contributed by atoms with Crippen molar-refractivity contribution in [3.8, 4) is 0 Å². The normalized spacial score (nSPS) is 26.0. The van der Waals surface area contributed by atoms with E-state index in [4.69, 9.17) is 10.5 Å². The van der Waals surface area contributed by atoms with E-state index in [1.165, 1.54) is 6.42 Å². The molecule has 6 N–H and O–H groups in total. The van der Waals surface area contributed by atoms with Crippen LogP contribution in [0.2, 0.25) is 0 Å². The molecule has 4 aliphatic carbocycles. The summed E-state index contributed by atoms with van der Waals surface area (Å²) in [7, 11) is 0. The molecule has 9 nitrogen and oxygen atoms in total. The first-order valence-electron chi connectivity index (χ1n) is 15.2. The van der Waals surface area contributed by atoms with Gasteiger partial charge in [0.25, 0.3) is 0 Å². The SMILES string of the molecule is C[C@](Cc1c[nH]c2ccccc12)(NC(=O)OC1C2CC3CC(C2)CC1C3)C(=O)N[C@@H](CC(=O)O)Cc1ccc(N)c([125I])c1. The van der Waals surface area contributed by atoms with Crippen LogP contribution in [0.3, 0.4) is 0 Å². The van der Waals surface area contributed by atoms with Crippen LogP contribution in [0.15, 0.2) is 48.7 Å². The molecule has 228 valence electrons. The zero-order chi connectivity index (χ0) is 30.3. The molecule has 2 amide bonds. The van der Waals surface area contributed by atoms with E-state index in [1.54, 1.807) is 13.0 Å². The van der Waals surface area contributed by atoms with Crippen molar-refractivity contribution >= 4 is 57.2 Å². The molecule has 7 rings (SSSR count). The van der Waals surface area contributed by atoms with E-state index >= 15 is 0 Å². The highest BCUT2D eigenvalue weighted by atomic mass is 125. The van der Waals surface area contributed by atoms with Gasteiger partial charge < -0.3 is 31.2 Å². The summed E-state index contributed by atoms with van der Waals surface area (Å²) in [5, 5.41) is 16.5. The van der Waals surface area contributed by atoms with Gasteiger partial charge in [-0.15, -0.1) is 0 Å². The Labute approximate surface area is 264 Å². The number of ether oxygens (including phenoxy) is 1. The summed E-state index contributed by atoms with van der Waals surface area (Å²) in [4.78, 5) is 42.7. The van der Waals surface area contributed by atoms with Gasteiger partial charge in [0.1, 0.15) is 11.6 Å². The van der Waals surface area contributed by atoms with Crippen LogP contribution in [0.4, 0.5) is 10.5 Å². The number of H-pyrrole nitrogens is 1.